The highest BCUT2D eigenvalue weighted by Gasteiger charge is 2.35. The SMILES string of the molecule is Cc1nnc(C(C)N(C)C[C@@H]2C[C@H](F)CN2c2cccnn2)o1. The van der Waals surface area contributed by atoms with E-state index in [0.29, 0.717) is 37.1 Å². The normalized spacial score (nSPS) is 22.7. The lowest BCUT2D eigenvalue weighted by Gasteiger charge is -2.30. The zero-order valence-corrected chi connectivity index (χ0v) is 13.6. The maximum atomic E-state index is 13.9. The average Bonchev–Trinajstić information content (AvgIpc) is 3.13. The van der Waals surface area contributed by atoms with Crippen molar-refractivity contribution in [2.24, 2.45) is 0 Å². The third kappa shape index (κ3) is 3.47. The Morgan fingerprint density at radius 3 is 2.91 bits per heavy atom. The number of alkyl halides is 1. The van der Waals surface area contributed by atoms with E-state index in [1.165, 1.54) is 0 Å². The van der Waals surface area contributed by atoms with Crippen molar-refractivity contribution in [1.29, 1.82) is 0 Å². The zero-order valence-electron chi connectivity index (χ0n) is 13.6. The summed E-state index contributed by atoms with van der Waals surface area (Å²) in [7, 11) is 1.98. The quantitative estimate of drug-likeness (QED) is 0.831. The number of nitrogens with zero attached hydrogens (tertiary/aromatic N) is 6. The molecule has 0 N–H and O–H groups in total. The highest BCUT2D eigenvalue weighted by molar-refractivity contribution is 5.40. The van der Waals surface area contributed by atoms with E-state index >= 15 is 0 Å². The van der Waals surface area contributed by atoms with Gasteiger partial charge in [0.15, 0.2) is 5.82 Å². The van der Waals surface area contributed by atoms with Gasteiger partial charge < -0.3 is 9.32 Å². The molecule has 1 unspecified atom stereocenters. The maximum absolute atomic E-state index is 13.9. The first-order chi connectivity index (χ1) is 11.0. The molecule has 23 heavy (non-hydrogen) atoms. The second-order valence-electron chi connectivity index (χ2n) is 6.00. The summed E-state index contributed by atoms with van der Waals surface area (Å²) in [6, 6.07) is 3.69. The molecule has 3 atom stereocenters. The number of hydrogen-bond acceptors (Lipinski definition) is 7. The molecule has 2 aromatic heterocycles. The monoisotopic (exact) mass is 320 g/mol. The summed E-state index contributed by atoms with van der Waals surface area (Å²) in [6.45, 7) is 4.80. The molecule has 0 aromatic carbocycles. The molecule has 124 valence electrons. The first kappa shape index (κ1) is 15.8. The molecule has 1 aliphatic rings. The summed E-state index contributed by atoms with van der Waals surface area (Å²) < 4.78 is 19.4. The molecule has 8 heteroatoms. The van der Waals surface area contributed by atoms with E-state index < -0.39 is 6.17 Å². The van der Waals surface area contributed by atoms with Crippen molar-refractivity contribution >= 4 is 5.82 Å². The molecule has 0 aliphatic carbocycles. The Labute approximate surface area is 134 Å². The molecule has 1 aliphatic heterocycles. The number of hydrogen-bond donors (Lipinski definition) is 0. The minimum absolute atomic E-state index is 0.0291. The van der Waals surface area contributed by atoms with Crippen LogP contribution >= 0.6 is 0 Å². The van der Waals surface area contributed by atoms with Gasteiger partial charge in [-0.05, 0) is 26.1 Å². The molecule has 0 amide bonds. The molecule has 0 spiro atoms. The number of aromatic nitrogens is 4. The van der Waals surface area contributed by atoms with Gasteiger partial charge in [0.1, 0.15) is 6.17 Å². The van der Waals surface area contributed by atoms with Gasteiger partial charge in [-0.3, -0.25) is 4.90 Å². The van der Waals surface area contributed by atoms with Crippen molar-refractivity contribution in [3.8, 4) is 0 Å². The standard InChI is InChI=1S/C15H21FN6O/c1-10(15-20-18-11(2)23-15)21(3)9-13-7-12(16)8-22(13)14-5-4-6-17-19-14/h4-6,10,12-13H,7-9H2,1-3H3/t10?,12-,13-/m0/s1. The summed E-state index contributed by atoms with van der Waals surface area (Å²) in [5.74, 6) is 1.84. The van der Waals surface area contributed by atoms with Gasteiger partial charge >= 0.3 is 0 Å². The average molecular weight is 320 g/mol. The molecule has 0 saturated carbocycles. The topological polar surface area (TPSA) is 71.2 Å². The molecule has 3 heterocycles. The van der Waals surface area contributed by atoms with Crippen LogP contribution in [0.2, 0.25) is 0 Å². The Morgan fingerprint density at radius 2 is 2.26 bits per heavy atom. The lowest BCUT2D eigenvalue weighted by atomic mass is 10.1. The number of rotatable bonds is 5. The third-order valence-electron chi connectivity index (χ3n) is 4.27. The fraction of sp³-hybridized carbons (Fsp3) is 0.600. The van der Waals surface area contributed by atoms with Crippen molar-refractivity contribution in [2.75, 3.05) is 25.0 Å². The second kappa shape index (κ2) is 6.57. The van der Waals surface area contributed by atoms with Crippen molar-refractivity contribution < 1.29 is 8.81 Å². The van der Waals surface area contributed by atoms with E-state index in [-0.39, 0.29) is 12.1 Å². The fourth-order valence-corrected chi connectivity index (χ4v) is 2.92. The first-order valence-corrected chi connectivity index (χ1v) is 7.73. The van der Waals surface area contributed by atoms with Crippen molar-refractivity contribution in [1.82, 2.24) is 25.3 Å². The van der Waals surface area contributed by atoms with Gasteiger partial charge in [-0.2, -0.15) is 5.10 Å². The van der Waals surface area contributed by atoms with Crippen LogP contribution in [0, 0.1) is 6.92 Å². The number of aryl methyl sites for hydroxylation is 1. The van der Waals surface area contributed by atoms with Crippen LogP contribution in [-0.2, 0) is 0 Å². The maximum Gasteiger partial charge on any atom is 0.233 e. The lowest BCUT2D eigenvalue weighted by Crippen LogP contribution is -2.40. The first-order valence-electron chi connectivity index (χ1n) is 7.73. The zero-order chi connectivity index (χ0) is 16.4. The highest BCUT2D eigenvalue weighted by Crippen LogP contribution is 2.27. The number of halogens is 1. The minimum atomic E-state index is -0.851. The largest absolute Gasteiger partial charge is 0.424 e. The Kier molecular flexibility index (Phi) is 4.51. The van der Waals surface area contributed by atoms with Crippen LogP contribution in [0.1, 0.15) is 31.2 Å². The van der Waals surface area contributed by atoms with E-state index in [1.807, 2.05) is 31.0 Å². The van der Waals surface area contributed by atoms with E-state index in [4.69, 9.17) is 4.42 Å². The van der Waals surface area contributed by atoms with E-state index in [1.54, 1.807) is 13.1 Å². The predicted molar refractivity (Wildman–Crippen MR) is 82.8 cm³/mol. The Bertz CT molecular complexity index is 636. The van der Waals surface area contributed by atoms with Gasteiger partial charge in [0.2, 0.25) is 11.8 Å². The third-order valence-corrected chi connectivity index (χ3v) is 4.27. The fourth-order valence-electron chi connectivity index (χ4n) is 2.92. The molecule has 1 fully saturated rings. The van der Waals surface area contributed by atoms with Gasteiger partial charge in [-0.25, -0.2) is 4.39 Å². The number of anilines is 1. The smallest absolute Gasteiger partial charge is 0.233 e. The van der Waals surface area contributed by atoms with Crippen LogP contribution in [0.25, 0.3) is 0 Å². The summed E-state index contributed by atoms with van der Waals surface area (Å²) >= 11 is 0. The van der Waals surface area contributed by atoms with Crippen LogP contribution in [0.5, 0.6) is 0 Å². The van der Waals surface area contributed by atoms with Crippen LogP contribution in [0.4, 0.5) is 10.2 Å². The Morgan fingerprint density at radius 1 is 1.43 bits per heavy atom. The van der Waals surface area contributed by atoms with Crippen LogP contribution in [-0.4, -0.2) is 57.6 Å². The summed E-state index contributed by atoms with van der Waals surface area (Å²) in [5.41, 5.74) is 0. The van der Waals surface area contributed by atoms with E-state index in [0.717, 1.165) is 0 Å². The number of likely N-dealkylation sites (N-methyl/N-ethyl adjacent to an activating group) is 1. The van der Waals surface area contributed by atoms with Crippen molar-refractivity contribution in [2.45, 2.75) is 38.5 Å². The predicted octanol–water partition coefficient (Wildman–Crippen LogP) is 1.78. The van der Waals surface area contributed by atoms with Crippen molar-refractivity contribution in [3.05, 3.63) is 30.1 Å². The Hall–Kier alpha value is -2.09. The molecule has 2 aromatic rings. The summed E-state index contributed by atoms with van der Waals surface area (Å²) in [6.07, 6.45) is 1.25. The lowest BCUT2D eigenvalue weighted by molar-refractivity contribution is 0.207. The van der Waals surface area contributed by atoms with Gasteiger partial charge in [-0.15, -0.1) is 15.3 Å². The molecule has 3 rings (SSSR count). The van der Waals surface area contributed by atoms with E-state index in [9.17, 15) is 4.39 Å². The minimum Gasteiger partial charge on any atom is -0.424 e. The summed E-state index contributed by atoms with van der Waals surface area (Å²) in [5, 5.41) is 15.9. The van der Waals surface area contributed by atoms with Crippen LogP contribution in [0.3, 0.4) is 0 Å². The molecule has 1 saturated heterocycles. The Balaban J connectivity index is 1.70. The van der Waals surface area contributed by atoms with Gasteiger partial charge in [0, 0.05) is 32.1 Å². The molecular formula is C15H21FN6O. The van der Waals surface area contributed by atoms with Gasteiger partial charge in [0.25, 0.3) is 0 Å². The molecule has 7 nitrogen and oxygen atoms in total. The van der Waals surface area contributed by atoms with Crippen molar-refractivity contribution in [3.63, 3.8) is 0 Å². The molecular weight excluding hydrogens is 299 g/mol. The summed E-state index contributed by atoms with van der Waals surface area (Å²) in [4.78, 5) is 4.08. The molecule has 0 radical (unpaired) electrons. The van der Waals surface area contributed by atoms with Gasteiger partial charge in [0.05, 0.1) is 12.6 Å². The second-order valence-corrected chi connectivity index (χ2v) is 6.00. The highest BCUT2D eigenvalue weighted by atomic mass is 19.1. The molecule has 0 bridgehead atoms. The van der Waals surface area contributed by atoms with E-state index in [2.05, 4.69) is 25.3 Å². The van der Waals surface area contributed by atoms with Crippen LogP contribution in [0.15, 0.2) is 22.7 Å². The van der Waals surface area contributed by atoms with Crippen LogP contribution < -0.4 is 4.90 Å². The van der Waals surface area contributed by atoms with Gasteiger partial charge in [-0.1, -0.05) is 0 Å².